The molecule has 14 heavy (non-hydrogen) atoms. The summed E-state index contributed by atoms with van der Waals surface area (Å²) in [5, 5.41) is 3.29. The molecule has 0 amide bonds. The fourth-order valence-corrected chi connectivity index (χ4v) is 3.37. The minimum atomic E-state index is 0.355. The van der Waals surface area contributed by atoms with Crippen LogP contribution in [0.3, 0.4) is 0 Å². The lowest BCUT2D eigenvalue weighted by atomic mass is 10.3. The quantitative estimate of drug-likeness (QED) is 0.383. The van der Waals surface area contributed by atoms with Gasteiger partial charge in [0.1, 0.15) is 0 Å². The first-order chi connectivity index (χ1) is 6.54. The van der Waals surface area contributed by atoms with Crippen molar-refractivity contribution in [3.8, 4) is 0 Å². The van der Waals surface area contributed by atoms with Crippen molar-refractivity contribution >= 4 is 70.8 Å². The molecular weight excluding hydrogens is 398 g/mol. The van der Waals surface area contributed by atoms with Crippen LogP contribution in [0, 0.1) is 0 Å². The lowest BCUT2D eigenvalue weighted by Gasteiger charge is -2.11. The van der Waals surface area contributed by atoms with Gasteiger partial charge < -0.3 is 10.7 Å². The minimum absolute atomic E-state index is 0.355. The van der Waals surface area contributed by atoms with E-state index in [1.165, 1.54) is 0 Å². The van der Waals surface area contributed by atoms with Crippen molar-refractivity contribution in [1.29, 1.82) is 0 Å². The van der Waals surface area contributed by atoms with E-state index in [-0.39, 0.29) is 0 Å². The van der Waals surface area contributed by atoms with Gasteiger partial charge in [-0.15, -0.1) is 0 Å². The molecule has 0 spiro atoms. The maximum Gasteiger partial charge on any atom is 0.185 e. The highest BCUT2D eigenvalue weighted by atomic mass is 79.9. The number of thiocarbonyl (C=S) groups is 1. The highest BCUT2D eigenvalue weighted by molar-refractivity contribution is 9.11. The van der Waals surface area contributed by atoms with Crippen molar-refractivity contribution < 1.29 is 0 Å². The van der Waals surface area contributed by atoms with Gasteiger partial charge in [-0.05, 0) is 56.2 Å². The lowest BCUT2D eigenvalue weighted by molar-refractivity contribution is 1.04. The zero-order valence-corrected chi connectivity index (χ0v) is 12.3. The van der Waals surface area contributed by atoms with E-state index in [9.17, 15) is 0 Å². The number of halogens is 3. The molecule has 7 heteroatoms. The number of rotatable bonds is 1. The topological polar surface area (TPSA) is 50.1 Å². The number of hydrogen-bond acceptors (Lipinski definition) is 2. The van der Waals surface area contributed by atoms with E-state index in [1.54, 1.807) is 0 Å². The van der Waals surface area contributed by atoms with Crippen molar-refractivity contribution in [2.45, 2.75) is 0 Å². The molecule has 0 aliphatic rings. The average Bonchev–Trinajstić information content (AvgIpc) is 2.10. The Morgan fingerprint density at radius 2 is 1.71 bits per heavy atom. The molecule has 0 aliphatic heterocycles. The summed E-state index contributed by atoms with van der Waals surface area (Å²) in [7, 11) is 0. The zero-order chi connectivity index (χ0) is 10.7. The molecule has 0 unspecified atom stereocenters. The summed E-state index contributed by atoms with van der Waals surface area (Å²) < 4.78 is 2.74. The van der Waals surface area contributed by atoms with Gasteiger partial charge in [0.15, 0.2) is 5.11 Å². The van der Waals surface area contributed by atoms with E-state index >= 15 is 0 Å². The van der Waals surface area contributed by atoms with Crippen molar-refractivity contribution in [2.24, 2.45) is 5.84 Å². The Labute approximate surface area is 112 Å². The monoisotopic (exact) mass is 401 g/mol. The number of hydrazine groups is 1. The third-order valence-corrected chi connectivity index (χ3v) is 3.31. The predicted molar refractivity (Wildman–Crippen MR) is 73.1 cm³/mol. The molecule has 1 aromatic carbocycles. The van der Waals surface area contributed by atoms with Gasteiger partial charge in [-0.3, -0.25) is 0 Å². The van der Waals surface area contributed by atoms with Crippen molar-refractivity contribution in [2.75, 3.05) is 5.32 Å². The van der Waals surface area contributed by atoms with Crippen LogP contribution in [0.25, 0.3) is 0 Å². The predicted octanol–water partition coefficient (Wildman–Crippen LogP) is 3.13. The third-order valence-electron chi connectivity index (χ3n) is 1.38. The second-order valence-corrected chi connectivity index (χ2v) is 5.38. The van der Waals surface area contributed by atoms with Gasteiger partial charge in [0.05, 0.1) is 5.69 Å². The van der Waals surface area contributed by atoms with Crippen LogP contribution in [-0.4, -0.2) is 5.11 Å². The highest BCUT2D eigenvalue weighted by Crippen LogP contribution is 2.34. The van der Waals surface area contributed by atoms with Crippen LogP contribution in [-0.2, 0) is 0 Å². The molecule has 0 fully saturated rings. The SMILES string of the molecule is NNC(=S)Nc1c(Br)cc(Br)cc1Br. The van der Waals surface area contributed by atoms with Gasteiger partial charge in [-0.2, -0.15) is 0 Å². The number of anilines is 1. The standard InChI is InChI=1S/C7H6Br3N3S/c8-3-1-4(9)6(5(10)2-3)12-7(14)13-11/h1-2H,11H2,(H2,12,13,14). The van der Waals surface area contributed by atoms with E-state index in [1.807, 2.05) is 12.1 Å². The van der Waals surface area contributed by atoms with E-state index in [2.05, 4.69) is 58.5 Å². The number of hydrogen-bond donors (Lipinski definition) is 3. The van der Waals surface area contributed by atoms with E-state index < -0.39 is 0 Å². The fourth-order valence-electron chi connectivity index (χ4n) is 0.811. The largest absolute Gasteiger partial charge is 0.330 e. The maximum atomic E-state index is 5.16. The molecule has 0 heterocycles. The number of nitrogens with one attached hydrogen (secondary N) is 2. The molecule has 1 rings (SSSR count). The molecule has 76 valence electrons. The summed E-state index contributed by atoms with van der Waals surface area (Å²) in [6.07, 6.45) is 0. The van der Waals surface area contributed by atoms with Crippen molar-refractivity contribution in [3.05, 3.63) is 25.6 Å². The van der Waals surface area contributed by atoms with Gasteiger partial charge in [-0.1, -0.05) is 15.9 Å². The van der Waals surface area contributed by atoms with E-state index in [0.717, 1.165) is 19.1 Å². The zero-order valence-electron chi connectivity index (χ0n) is 6.77. The molecule has 0 saturated heterocycles. The maximum absolute atomic E-state index is 5.16. The molecule has 4 N–H and O–H groups in total. The van der Waals surface area contributed by atoms with Crippen LogP contribution in [0.2, 0.25) is 0 Å². The summed E-state index contributed by atoms with van der Waals surface area (Å²) >= 11 is 15.1. The second kappa shape index (κ2) is 5.41. The Morgan fingerprint density at radius 3 is 2.14 bits per heavy atom. The summed E-state index contributed by atoms with van der Waals surface area (Å²) in [5.74, 6) is 5.16. The minimum Gasteiger partial charge on any atom is -0.330 e. The van der Waals surface area contributed by atoms with Crippen LogP contribution in [0.15, 0.2) is 25.6 Å². The number of benzene rings is 1. The summed E-state index contributed by atoms with van der Waals surface area (Å²) in [6.45, 7) is 0. The Morgan fingerprint density at radius 1 is 1.21 bits per heavy atom. The fraction of sp³-hybridized carbons (Fsp3) is 0. The average molecular weight is 404 g/mol. The lowest BCUT2D eigenvalue weighted by Crippen LogP contribution is -2.34. The molecule has 1 aromatic rings. The van der Waals surface area contributed by atoms with Crippen molar-refractivity contribution in [3.63, 3.8) is 0 Å². The van der Waals surface area contributed by atoms with E-state index in [0.29, 0.717) is 5.11 Å². The molecule has 0 bridgehead atoms. The first-order valence-corrected chi connectivity index (χ1v) is 6.25. The molecule has 0 radical (unpaired) electrons. The smallest absolute Gasteiger partial charge is 0.185 e. The van der Waals surface area contributed by atoms with Gasteiger partial charge in [0.25, 0.3) is 0 Å². The molecule has 3 nitrogen and oxygen atoms in total. The Hall–Kier alpha value is 0.310. The molecule has 0 aliphatic carbocycles. The van der Waals surface area contributed by atoms with Crippen LogP contribution >= 0.6 is 60.0 Å². The number of nitrogens with two attached hydrogens (primary N) is 1. The first kappa shape index (κ1) is 12.4. The third kappa shape index (κ3) is 3.16. The van der Waals surface area contributed by atoms with Crippen LogP contribution in [0.4, 0.5) is 5.69 Å². The molecule has 0 atom stereocenters. The van der Waals surface area contributed by atoms with Crippen LogP contribution in [0.1, 0.15) is 0 Å². The highest BCUT2D eigenvalue weighted by Gasteiger charge is 2.07. The first-order valence-electron chi connectivity index (χ1n) is 3.46. The summed E-state index contributed by atoms with van der Waals surface area (Å²) in [4.78, 5) is 0. The van der Waals surface area contributed by atoms with Gasteiger partial charge in [0, 0.05) is 13.4 Å². The van der Waals surface area contributed by atoms with Gasteiger partial charge >= 0.3 is 0 Å². The second-order valence-electron chi connectivity index (χ2n) is 2.34. The Kier molecular flexibility index (Phi) is 4.78. The van der Waals surface area contributed by atoms with Crippen LogP contribution < -0.4 is 16.6 Å². The van der Waals surface area contributed by atoms with Gasteiger partial charge in [0.2, 0.25) is 0 Å². The molecule has 0 saturated carbocycles. The molecule has 0 aromatic heterocycles. The van der Waals surface area contributed by atoms with Gasteiger partial charge in [-0.25, -0.2) is 5.84 Å². The molecular formula is C7H6Br3N3S. The van der Waals surface area contributed by atoms with E-state index in [4.69, 9.17) is 18.1 Å². The summed E-state index contributed by atoms with van der Waals surface area (Å²) in [5.41, 5.74) is 3.18. The van der Waals surface area contributed by atoms with Crippen LogP contribution in [0.5, 0.6) is 0 Å². The van der Waals surface area contributed by atoms with Crippen molar-refractivity contribution in [1.82, 2.24) is 5.43 Å². The Bertz CT molecular complexity index is 346. The normalized spacial score (nSPS) is 9.71. The summed E-state index contributed by atoms with van der Waals surface area (Å²) in [6, 6.07) is 3.82. The Balaban J connectivity index is 3.02.